The van der Waals surface area contributed by atoms with Gasteiger partial charge in [-0.25, -0.2) is 0 Å². The second-order valence-corrected chi connectivity index (χ2v) is 8.37. The molecule has 2 saturated heterocycles. The van der Waals surface area contributed by atoms with Crippen molar-refractivity contribution in [1.82, 2.24) is 15.5 Å². The molecule has 0 bridgehead atoms. The maximum absolute atomic E-state index is 5.66. The number of hydrogen-bond acceptors (Lipinski definition) is 3. The summed E-state index contributed by atoms with van der Waals surface area (Å²) in [6.07, 6.45) is 11.7. The molecule has 3 fully saturated rings. The third-order valence-corrected chi connectivity index (χ3v) is 7.05. The van der Waals surface area contributed by atoms with E-state index < -0.39 is 0 Å². The van der Waals surface area contributed by atoms with Gasteiger partial charge >= 0.3 is 0 Å². The quantitative estimate of drug-likeness (QED) is 0.349. The Morgan fingerprint density at radius 3 is 2.15 bits per heavy atom. The molecule has 6 heteroatoms. The Morgan fingerprint density at radius 1 is 0.962 bits per heavy atom. The minimum atomic E-state index is 0. The number of halogens is 1. The van der Waals surface area contributed by atoms with Gasteiger partial charge in [-0.2, -0.15) is 0 Å². The first-order valence-corrected chi connectivity index (χ1v) is 10.5. The predicted molar refractivity (Wildman–Crippen MR) is 120 cm³/mol. The molecule has 2 heterocycles. The first kappa shape index (κ1) is 22.2. The summed E-state index contributed by atoms with van der Waals surface area (Å²) >= 11 is 0. The minimum Gasteiger partial charge on any atom is -0.381 e. The highest BCUT2D eigenvalue weighted by Gasteiger charge is 2.39. The Morgan fingerprint density at radius 2 is 1.58 bits per heavy atom. The fourth-order valence-electron chi connectivity index (χ4n) is 5.07. The van der Waals surface area contributed by atoms with Crippen LogP contribution in [0.15, 0.2) is 4.99 Å². The Hall–Kier alpha value is -0.0800. The van der Waals surface area contributed by atoms with E-state index in [4.69, 9.17) is 4.74 Å². The van der Waals surface area contributed by atoms with Crippen LogP contribution in [-0.4, -0.2) is 62.8 Å². The number of aliphatic imine (C=N–C) groups is 1. The van der Waals surface area contributed by atoms with Gasteiger partial charge in [0.2, 0.25) is 0 Å². The summed E-state index contributed by atoms with van der Waals surface area (Å²) in [7, 11) is 1.90. The van der Waals surface area contributed by atoms with Gasteiger partial charge in [-0.05, 0) is 63.5 Å². The van der Waals surface area contributed by atoms with E-state index in [2.05, 4.69) is 27.4 Å². The van der Waals surface area contributed by atoms with E-state index in [1.165, 1.54) is 58.0 Å². The first-order chi connectivity index (χ1) is 12.2. The van der Waals surface area contributed by atoms with Crippen LogP contribution in [0.4, 0.5) is 0 Å². The molecule has 3 aliphatic rings. The molecule has 0 radical (unpaired) electrons. The summed E-state index contributed by atoms with van der Waals surface area (Å²) in [5, 5.41) is 7.30. The average molecular weight is 478 g/mol. The van der Waals surface area contributed by atoms with Crippen LogP contribution in [0.25, 0.3) is 0 Å². The van der Waals surface area contributed by atoms with Crippen molar-refractivity contribution in [3.63, 3.8) is 0 Å². The standard InChI is InChI=1S/C20H38N4O.HI/c1-3-19(8-4-5-9-19)16-22-18(21-2)23-17-20(10-14-25-15-11-20)24-12-6-7-13-24;/h3-17H2,1-2H3,(H2,21,22,23);1H. The maximum Gasteiger partial charge on any atom is 0.191 e. The van der Waals surface area contributed by atoms with E-state index in [9.17, 15) is 0 Å². The summed E-state index contributed by atoms with van der Waals surface area (Å²) in [6.45, 7) is 8.65. The first-order valence-electron chi connectivity index (χ1n) is 10.5. The van der Waals surface area contributed by atoms with Crippen LogP contribution in [0.5, 0.6) is 0 Å². The lowest BCUT2D eigenvalue weighted by molar-refractivity contribution is -0.0164. The van der Waals surface area contributed by atoms with Gasteiger partial charge in [-0.15, -0.1) is 24.0 Å². The highest BCUT2D eigenvalue weighted by Crippen LogP contribution is 2.40. The molecular formula is C20H39IN4O. The third-order valence-electron chi connectivity index (χ3n) is 7.05. The van der Waals surface area contributed by atoms with Crippen molar-refractivity contribution in [2.45, 2.75) is 70.3 Å². The fourth-order valence-corrected chi connectivity index (χ4v) is 5.07. The van der Waals surface area contributed by atoms with Crippen molar-refractivity contribution in [1.29, 1.82) is 0 Å². The second-order valence-electron chi connectivity index (χ2n) is 8.37. The zero-order valence-electron chi connectivity index (χ0n) is 16.8. The molecule has 3 rings (SSSR count). The molecule has 0 aromatic rings. The number of hydrogen-bond donors (Lipinski definition) is 2. The van der Waals surface area contributed by atoms with Gasteiger partial charge < -0.3 is 15.4 Å². The molecule has 152 valence electrons. The Balaban J connectivity index is 0.00000243. The van der Waals surface area contributed by atoms with E-state index >= 15 is 0 Å². The molecule has 0 aromatic heterocycles. The highest BCUT2D eigenvalue weighted by molar-refractivity contribution is 14.0. The molecule has 0 amide bonds. The van der Waals surface area contributed by atoms with Gasteiger partial charge in [-0.1, -0.05) is 19.8 Å². The van der Waals surface area contributed by atoms with Crippen molar-refractivity contribution >= 4 is 29.9 Å². The Kier molecular flexibility index (Phi) is 8.94. The molecule has 0 unspecified atom stereocenters. The van der Waals surface area contributed by atoms with E-state index in [0.29, 0.717) is 5.41 Å². The molecule has 0 atom stereocenters. The lowest BCUT2D eigenvalue weighted by Gasteiger charge is -2.45. The number of guanidine groups is 1. The molecule has 26 heavy (non-hydrogen) atoms. The summed E-state index contributed by atoms with van der Waals surface area (Å²) in [5.41, 5.74) is 0.741. The molecule has 0 aromatic carbocycles. The van der Waals surface area contributed by atoms with Crippen molar-refractivity contribution in [3.8, 4) is 0 Å². The zero-order valence-corrected chi connectivity index (χ0v) is 19.1. The van der Waals surface area contributed by atoms with Crippen molar-refractivity contribution in [2.24, 2.45) is 10.4 Å². The maximum atomic E-state index is 5.66. The zero-order chi connectivity index (χ0) is 17.6. The number of nitrogens with one attached hydrogen (secondary N) is 2. The van der Waals surface area contributed by atoms with Gasteiger partial charge in [0.25, 0.3) is 0 Å². The van der Waals surface area contributed by atoms with Gasteiger partial charge in [0.1, 0.15) is 0 Å². The van der Waals surface area contributed by atoms with Crippen LogP contribution in [0.3, 0.4) is 0 Å². The molecule has 2 N–H and O–H groups in total. The van der Waals surface area contributed by atoms with Crippen LogP contribution in [0.1, 0.15) is 64.7 Å². The van der Waals surface area contributed by atoms with E-state index in [-0.39, 0.29) is 29.5 Å². The van der Waals surface area contributed by atoms with Crippen LogP contribution in [0.2, 0.25) is 0 Å². The number of ether oxygens (including phenoxy) is 1. The number of likely N-dealkylation sites (tertiary alicyclic amines) is 1. The largest absolute Gasteiger partial charge is 0.381 e. The van der Waals surface area contributed by atoms with E-state index in [0.717, 1.165) is 45.1 Å². The SMILES string of the molecule is CCC1(CNC(=NC)NCC2(N3CCCC3)CCOCC2)CCCC1.I. The Bertz CT molecular complexity index is 439. The molecule has 0 spiro atoms. The van der Waals surface area contributed by atoms with Crippen molar-refractivity contribution in [3.05, 3.63) is 0 Å². The summed E-state index contributed by atoms with van der Waals surface area (Å²) in [4.78, 5) is 7.21. The van der Waals surface area contributed by atoms with Gasteiger partial charge in [0.15, 0.2) is 5.96 Å². The monoisotopic (exact) mass is 478 g/mol. The smallest absolute Gasteiger partial charge is 0.191 e. The lowest BCUT2D eigenvalue weighted by atomic mass is 9.83. The van der Waals surface area contributed by atoms with Crippen molar-refractivity contribution in [2.75, 3.05) is 46.4 Å². The number of nitrogens with zero attached hydrogens (tertiary/aromatic N) is 2. The average Bonchev–Trinajstić information content (AvgIpc) is 3.35. The van der Waals surface area contributed by atoms with Gasteiger partial charge in [0.05, 0.1) is 0 Å². The fraction of sp³-hybridized carbons (Fsp3) is 0.950. The predicted octanol–water partition coefficient (Wildman–Crippen LogP) is 3.38. The molecule has 1 aliphatic carbocycles. The van der Waals surface area contributed by atoms with Crippen LogP contribution in [-0.2, 0) is 4.74 Å². The van der Waals surface area contributed by atoms with E-state index in [1.807, 2.05) is 7.05 Å². The van der Waals surface area contributed by atoms with Crippen LogP contribution >= 0.6 is 24.0 Å². The molecular weight excluding hydrogens is 439 g/mol. The van der Waals surface area contributed by atoms with Crippen molar-refractivity contribution < 1.29 is 4.74 Å². The molecule has 2 aliphatic heterocycles. The van der Waals surface area contributed by atoms with E-state index in [1.54, 1.807) is 0 Å². The molecule has 5 nitrogen and oxygen atoms in total. The minimum absolute atomic E-state index is 0. The summed E-state index contributed by atoms with van der Waals surface area (Å²) in [5.74, 6) is 0.977. The summed E-state index contributed by atoms with van der Waals surface area (Å²) in [6, 6.07) is 0. The third kappa shape index (κ3) is 5.25. The Labute approximate surface area is 177 Å². The van der Waals surface area contributed by atoms with Crippen LogP contribution in [0, 0.1) is 5.41 Å². The lowest BCUT2D eigenvalue weighted by Crippen LogP contribution is -2.59. The number of rotatable bonds is 6. The van der Waals surface area contributed by atoms with Crippen LogP contribution < -0.4 is 10.6 Å². The summed E-state index contributed by atoms with van der Waals surface area (Å²) < 4.78 is 5.66. The second kappa shape index (κ2) is 10.5. The van der Waals surface area contributed by atoms with Gasteiger partial charge in [0, 0.05) is 38.9 Å². The van der Waals surface area contributed by atoms with Gasteiger partial charge in [-0.3, -0.25) is 9.89 Å². The topological polar surface area (TPSA) is 48.9 Å². The molecule has 1 saturated carbocycles. The highest BCUT2D eigenvalue weighted by atomic mass is 127. The normalized spacial score (nSPS) is 25.7.